The predicted octanol–water partition coefficient (Wildman–Crippen LogP) is 2.07. The van der Waals surface area contributed by atoms with Crippen molar-refractivity contribution in [2.75, 3.05) is 13.6 Å². The Morgan fingerprint density at radius 2 is 2.18 bits per heavy atom. The normalized spacial score (nSPS) is 22.8. The van der Waals surface area contributed by atoms with E-state index in [1.165, 1.54) is 0 Å². The molecule has 0 atom stereocenters. The lowest BCUT2D eigenvalue weighted by molar-refractivity contribution is -0.0391. The van der Waals surface area contributed by atoms with Gasteiger partial charge < -0.3 is 10.1 Å². The number of nitriles is 1. The van der Waals surface area contributed by atoms with E-state index in [9.17, 15) is 0 Å². The summed E-state index contributed by atoms with van der Waals surface area (Å²) in [7, 11) is 1.98. The Bertz CT molecular complexity index is 405. The van der Waals surface area contributed by atoms with Gasteiger partial charge in [-0.15, -0.1) is 0 Å². The SMILES string of the molecule is CNCC1CC(OCc2ccccc2C#N)C1. The van der Waals surface area contributed by atoms with Gasteiger partial charge >= 0.3 is 0 Å². The Morgan fingerprint density at radius 3 is 2.88 bits per heavy atom. The van der Waals surface area contributed by atoms with E-state index in [0.717, 1.165) is 36.4 Å². The second kappa shape index (κ2) is 5.81. The number of nitrogens with zero attached hydrogens (tertiary/aromatic N) is 1. The third-order valence-corrected chi connectivity index (χ3v) is 3.30. The first kappa shape index (κ1) is 12.1. The van der Waals surface area contributed by atoms with Crippen molar-refractivity contribution in [1.29, 1.82) is 5.26 Å². The summed E-state index contributed by atoms with van der Waals surface area (Å²) in [6, 6.07) is 9.82. The first-order valence-corrected chi connectivity index (χ1v) is 6.07. The zero-order valence-electron chi connectivity index (χ0n) is 10.1. The Kier molecular flexibility index (Phi) is 4.13. The molecule has 0 saturated heterocycles. The van der Waals surface area contributed by atoms with Gasteiger partial charge in [0.15, 0.2) is 0 Å². The molecule has 0 unspecified atom stereocenters. The highest BCUT2D eigenvalue weighted by molar-refractivity contribution is 5.36. The van der Waals surface area contributed by atoms with Gasteiger partial charge in [-0.2, -0.15) is 5.26 Å². The highest BCUT2D eigenvalue weighted by Gasteiger charge is 2.29. The van der Waals surface area contributed by atoms with Crippen molar-refractivity contribution in [2.45, 2.75) is 25.6 Å². The first-order valence-electron chi connectivity index (χ1n) is 6.07. The molecule has 0 spiro atoms. The number of hydrogen-bond acceptors (Lipinski definition) is 3. The Balaban J connectivity index is 1.78. The van der Waals surface area contributed by atoms with Gasteiger partial charge in [-0.05, 0) is 44.0 Å². The van der Waals surface area contributed by atoms with Crippen molar-refractivity contribution in [3.63, 3.8) is 0 Å². The van der Waals surface area contributed by atoms with Crippen LogP contribution < -0.4 is 5.32 Å². The van der Waals surface area contributed by atoms with Crippen LogP contribution in [0.15, 0.2) is 24.3 Å². The molecule has 3 nitrogen and oxygen atoms in total. The van der Waals surface area contributed by atoms with Gasteiger partial charge in [0.1, 0.15) is 0 Å². The van der Waals surface area contributed by atoms with Crippen molar-refractivity contribution < 1.29 is 4.74 Å². The zero-order chi connectivity index (χ0) is 12.1. The van der Waals surface area contributed by atoms with Crippen LogP contribution in [0, 0.1) is 17.2 Å². The highest BCUT2D eigenvalue weighted by atomic mass is 16.5. The Hall–Kier alpha value is -1.37. The van der Waals surface area contributed by atoms with Crippen LogP contribution in [0.4, 0.5) is 0 Å². The lowest BCUT2D eigenvalue weighted by Crippen LogP contribution is -2.36. The third-order valence-electron chi connectivity index (χ3n) is 3.30. The van der Waals surface area contributed by atoms with Crippen LogP contribution in [0.5, 0.6) is 0 Å². The maximum Gasteiger partial charge on any atom is 0.0995 e. The third kappa shape index (κ3) is 3.06. The summed E-state index contributed by atoms with van der Waals surface area (Å²) >= 11 is 0. The molecular weight excluding hydrogens is 212 g/mol. The molecule has 0 amide bonds. The van der Waals surface area contributed by atoms with Crippen LogP contribution in [0.1, 0.15) is 24.0 Å². The second-order valence-corrected chi connectivity index (χ2v) is 4.60. The molecule has 3 heteroatoms. The summed E-state index contributed by atoms with van der Waals surface area (Å²) < 4.78 is 5.80. The summed E-state index contributed by atoms with van der Waals surface area (Å²) in [6.07, 6.45) is 2.64. The zero-order valence-corrected chi connectivity index (χ0v) is 10.1. The maximum atomic E-state index is 8.95. The molecule has 0 bridgehead atoms. The van der Waals surface area contributed by atoms with E-state index in [4.69, 9.17) is 10.00 Å². The van der Waals surface area contributed by atoms with Gasteiger partial charge in [-0.1, -0.05) is 18.2 Å². The van der Waals surface area contributed by atoms with Crippen LogP contribution >= 0.6 is 0 Å². The van der Waals surface area contributed by atoms with Gasteiger partial charge in [-0.3, -0.25) is 0 Å². The van der Waals surface area contributed by atoms with Crippen LogP contribution in [0.3, 0.4) is 0 Å². The fourth-order valence-electron chi connectivity index (χ4n) is 2.23. The fraction of sp³-hybridized carbons (Fsp3) is 0.500. The minimum Gasteiger partial charge on any atom is -0.373 e. The van der Waals surface area contributed by atoms with E-state index in [1.54, 1.807) is 0 Å². The quantitative estimate of drug-likeness (QED) is 0.842. The van der Waals surface area contributed by atoms with E-state index in [2.05, 4.69) is 11.4 Å². The van der Waals surface area contributed by atoms with Crippen LogP contribution in [0.25, 0.3) is 0 Å². The largest absolute Gasteiger partial charge is 0.373 e. The molecule has 1 N–H and O–H groups in total. The summed E-state index contributed by atoms with van der Waals surface area (Å²) in [6.45, 7) is 1.63. The van der Waals surface area contributed by atoms with Crippen molar-refractivity contribution in [3.8, 4) is 6.07 Å². The Labute approximate surface area is 102 Å². The molecule has 0 aliphatic heterocycles. The van der Waals surface area contributed by atoms with E-state index in [1.807, 2.05) is 31.3 Å². The van der Waals surface area contributed by atoms with Gasteiger partial charge in [0, 0.05) is 0 Å². The lowest BCUT2D eigenvalue weighted by Gasteiger charge is -2.35. The smallest absolute Gasteiger partial charge is 0.0995 e. The topological polar surface area (TPSA) is 45.0 Å². The van der Waals surface area contributed by atoms with Crippen molar-refractivity contribution in [3.05, 3.63) is 35.4 Å². The highest BCUT2D eigenvalue weighted by Crippen LogP contribution is 2.30. The summed E-state index contributed by atoms with van der Waals surface area (Å²) in [5, 5.41) is 12.1. The monoisotopic (exact) mass is 230 g/mol. The van der Waals surface area contributed by atoms with Gasteiger partial charge in [0.05, 0.1) is 24.3 Å². The molecule has 90 valence electrons. The molecule has 0 heterocycles. The molecule has 1 aromatic rings. The molecule has 0 radical (unpaired) electrons. The minimum absolute atomic E-state index is 0.375. The molecule has 1 fully saturated rings. The van der Waals surface area contributed by atoms with E-state index >= 15 is 0 Å². The average molecular weight is 230 g/mol. The number of nitrogens with one attached hydrogen (secondary N) is 1. The number of hydrogen-bond donors (Lipinski definition) is 1. The maximum absolute atomic E-state index is 8.95. The van der Waals surface area contributed by atoms with E-state index < -0.39 is 0 Å². The van der Waals surface area contributed by atoms with Gasteiger partial charge in [0.25, 0.3) is 0 Å². The van der Waals surface area contributed by atoms with Crippen LogP contribution in [0.2, 0.25) is 0 Å². The first-order chi connectivity index (χ1) is 8.33. The summed E-state index contributed by atoms with van der Waals surface area (Å²) in [4.78, 5) is 0. The molecule has 17 heavy (non-hydrogen) atoms. The fourth-order valence-corrected chi connectivity index (χ4v) is 2.23. The lowest BCUT2D eigenvalue weighted by atomic mass is 9.82. The van der Waals surface area contributed by atoms with Crippen LogP contribution in [-0.2, 0) is 11.3 Å². The van der Waals surface area contributed by atoms with Crippen LogP contribution in [-0.4, -0.2) is 19.7 Å². The molecule has 1 aliphatic carbocycles. The Morgan fingerprint density at radius 1 is 1.41 bits per heavy atom. The van der Waals surface area contributed by atoms with Crippen molar-refractivity contribution in [2.24, 2.45) is 5.92 Å². The average Bonchev–Trinajstić information content (AvgIpc) is 2.32. The standard InChI is InChI=1S/C14H18N2O/c1-16-9-11-6-14(7-11)17-10-13-5-3-2-4-12(13)8-15/h2-5,11,14,16H,6-7,9-10H2,1H3. The van der Waals surface area contributed by atoms with E-state index in [-0.39, 0.29) is 0 Å². The summed E-state index contributed by atoms with van der Waals surface area (Å²) in [5.41, 5.74) is 1.71. The number of ether oxygens (including phenoxy) is 1. The predicted molar refractivity (Wildman–Crippen MR) is 66.4 cm³/mol. The van der Waals surface area contributed by atoms with Crippen molar-refractivity contribution in [1.82, 2.24) is 5.32 Å². The van der Waals surface area contributed by atoms with E-state index in [0.29, 0.717) is 12.7 Å². The second-order valence-electron chi connectivity index (χ2n) is 4.60. The number of benzene rings is 1. The molecule has 1 aromatic carbocycles. The summed E-state index contributed by atoms with van der Waals surface area (Å²) in [5.74, 6) is 0.760. The van der Waals surface area contributed by atoms with Crippen molar-refractivity contribution >= 4 is 0 Å². The van der Waals surface area contributed by atoms with Gasteiger partial charge in [-0.25, -0.2) is 0 Å². The molecule has 1 saturated carbocycles. The number of rotatable bonds is 5. The molecule has 1 aliphatic rings. The van der Waals surface area contributed by atoms with Gasteiger partial charge in [0.2, 0.25) is 0 Å². The minimum atomic E-state index is 0.375. The molecule has 0 aromatic heterocycles. The molecular formula is C14H18N2O. The molecule has 2 rings (SSSR count).